The smallest absolute Gasteiger partial charge is 0.239 e. The molecule has 2 N–H and O–H groups in total. The molecule has 2 amide bonds. The van der Waals surface area contributed by atoms with E-state index in [0.717, 1.165) is 12.2 Å². The zero-order valence-corrected chi connectivity index (χ0v) is 15.8. The molecule has 2 aromatic rings. The van der Waals surface area contributed by atoms with E-state index in [9.17, 15) is 9.59 Å². The Morgan fingerprint density at radius 2 is 2.24 bits per heavy atom. The summed E-state index contributed by atoms with van der Waals surface area (Å²) in [7, 11) is 1.62. The maximum absolute atomic E-state index is 12.1. The van der Waals surface area contributed by atoms with Crippen LogP contribution in [0.5, 0.6) is 0 Å². The molecule has 0 aromatic carbocycles. The lowest BCUT2D eigenvalue weighted by Crippen LogP contribution is -2.39. The summed E-state index contributed by atoms with van der Waals surface area (Å²) in [5.74, 6) is 0.743. The van der Waals surface area contributed by atoms with Gasteiger partial charge >= 0.3 is 0 Å². The van der Waals surface area contributed by atoms with Gasteiger partial charge in [-0.15, -0.1) is 10.2 Å². The van der Waals surface area contributed by atoms with Gasteiger partial charge in [-0.1, -0.05) is 30.0 Å². The van der Waals surface area contributed by atoms with Crippen LogP contribution in [0.3, 0.4) is 0 Å². The number of carbonyl (C=O) groups is 2. The molecule has 0 aliphatic carbocycles. The number of rotatable bonds is 10. The summed E-state index contributed by atoms with van der Waals surface area (Å²) in [6.45, 7) is 3.19. The molecule has 0 saturated carbocycles. The first-order chi connectivity index (χ1) is 12.1. The molecule has 136 valence electrons. The van der Waals surface area contributed by atoms with E-state index in [2.05, 4.69) is 20.8 Å². The van der Waals surface area contributed by atoms with Crippen LogP contribution in [-0.4, -0.2) is 52.8 Å². The van der Waals surface area contributed by atoms with E-state index in [0.29, 0.717) is 22.6 Å². The lowest BCUT2D eigenvalue weighted by molar-refractivity contribution is -0.132. The first kappa shape index (κ1) is 19.3. The number of amides is 2. The molecule has 0 saturated heterocycles. The number of anilines is 1. The molecule has 0 aliphatic heterocycles. The summed E-state index contributed by atoms with van der Waals surface area (Å²) in [5.41, 5.74) is 0. The molecule has 0 atom stereocenters. The van der Waals surface area contributed by atoms with Crippen molar-refractivity contribution in [3.8, 4) is 0 Å². The minimum atomic E-state index is -0.150. The number of aromatic nitrogens is 2. The highest BCUT2D eigenvalue weighted by Gasteiger charge is 2.14. The van der Waals surface area contributed by atoms with Gasteiger partial charge in [-0.25, -0.2) is 0 Å². The SMILES string of the molecule is CCCNC(=O)CN(C)C(=O)CSc1nnc(NCc2ccco2)s1. The Balaban J connectivity index is 1.71. The predicted molar refractivity (Wildman–Crippen MR) is 97.6 cm³/mol. The van der Waals surface area contributed by atoms with E-state index in [1.807, 2.05) is 19.1 Å². The largest absolute Gasteiger partial charge is 0.467 e. The summed E-state index contributed by atoms with van der Waals surface area (Å²) in [6.07, 6.45) is 2.48. The highest BCUT2D eigenvalue weighted by atomic mass is 32.2. The van der Waals surface area contributed by atoms with Crippen molar-refractivity contribution < 1.29 is 14.0 Å². The highest BCUT2D eigenvalue weighted by Crippen LogP contribution is 2.25. The molecular formula is C15H21N5O3S2. The van der Waals surface area contributed by atoms with Gasteiger partial charge in [-0.3, -0.25) is 9.59 Å². The number of thioether (sulfide) groups is 1. The molecule has 0 bridgehead atoms. The van der Waals surface area contributed by atoms with Crippen LogP contribution >= 0.6 is 23.1 Å². The van der Waals surface area contributed by atoms with Crippen LogP contribution in [0.1, 0.15) is 19.1 Å². The van der Waals surface area contributed by atoms with Gasteiger partial charge in [-0.2, -0.15) is 0 Å². The molecule has 0 radical (unpaired) electrons. The lowest BCUT2D eigenvalue weighted by atomic mass is 10.4. The van der Waals surface area contributed by atoms with Crippen molar-refractivity contribution in [3.05, 3.63) is 24.2 Å². The Labute approximate surface area is 154 Å². The van der Waals surface area contributed by atoms with Crippen LogP contribution in [0, 0.1) is 0 Å². The second-order valence-electron chi connectivity index (χ2n) is 5.19. The maximum atomic E-state index is 12.1. The molecule has 2 heterocycles. The molecule has 25 heavy (non-hydrogen) atoms. The highest BCUT2D eigenvalue weighted by molar-refractivity contribution is 8.01. The van der Waals surface area contributed by atoms with Gasteiger partial charge in [-0.05, 0) is 18.6 Å². The van der Waals surface area contributed by atoms with Gasteiger partial charge in [0.1, 0.15) is 5.76 Å². The molecular weight excluding hydrogens is 362 g/mol. The van der Waals surface area contributed by atoms with Crippen LogP contribution in [0.4, 0.5) is 5.13 Å². The van der Waals surface area contributed by atoms with Crippen molar-refractivity contribution in [2.45, 2.75) is 24.2 Å². The molecule has 0 aliphatic rings. The van der Waals surface area contributed by atoms with Crippen LogP contribution in [-0.2, 0) is 16.1 Å². The van der Waals surface area contributed by atoms with Crippen molar-refractivity contribution >= 4 is 40.0 Å². The van der Waals surface area contributed by atoms with Gasteiger partial charge < -0.3 is 20.0 Å². The Kier molecular flexibility index (Phi) is 7.74. The average Bonchev–Trinajstić information content (AvgIpc) is 3.27. The zero-order chi connectivity index (χ0) is 18.1. The summed E-state index contributed by atoms with van der Waals surface area (Å²) in [5, 5.41) is 14.6. The van der Waals surface area contributed by atoms with E-state index >= 15 is 0 Å². The van der Waals surface area contributed by atoms with Gasteiger partial charge in [0, 0.05) is 13.6 Å². The lowest BCUT2D eigenvalue weighted by Gasteiger charge is -2.16. The van der Waals surface area contributed by atoms with Gasteiger partial charge in [0.25, 0.3) is 0 Å². The Bertz CT molecular complexity index is 675. The summed E-state index contributed by atoms with van der Waals surface area (Å²) in [6, 6.07) is 3.69. The van der Waals surface area contributed by atoms with Crippen LogP contribution in [0.15, 0.2) is 27.2 Å². The molecule has 0 fully saturated rings. The first-order valence-corrected chi connectivity index (χ1v) is 9.62. The second-order valence-corrected chi connectivity index (χ2v) is 7.39. The number of nitrogens with zero attached hydrogens (tertiary/aromatic N) is 3. The van der Waals surface area contributed by atoms with Gasteiger partial charge in [0.15, 0.2) is 4.34 Å². The molecule has 8 nitrogen and oxygen atoms in total. The maximum Gasteiger partial charge on any atom is 0.239 e. The third kappa shape index (κ3) is 6.75. The standard InChI is InChI=1S/C15H21N5O3S2/c1-3-6-16-12(21)9-20(2)13(22)10-24-15-19-18-14(25-15)17-8-11-5-4-7-23-11/h4-5,7H,3,6,8-10H2,1-2H3,(H,16,21)(H,17,18). The third-order valence-electron chi connectivity index (χ3n) is 3.10. The topological polar surface area (TPSA) is 100 Å². The normalized spacial score (nSPS) is 10.5. The molecule has 0 unspecified atom stereocenters. The van der Waals surface area contributed by atoms with Crippen LogP contribution in [0.2, 0.25) is 0 Å². The Morgan fingerprint density at radius 3 is 2.96 bits per heavy atom. The van der Waals surface area contributed by atoms with Crippen molar-refractivity contribution in [1.29, 1.82) is 0 Å². The predicted octanol–water partition coefficient (Wildman–Crippen LogP) is 1.82. The fourth-order valence-corrected chi connectivity index (χ4v) is 3.46. The number of hydrogen-bond acceptors (Lipinski definition) is 8. The Morgan fingerprint density at radius 1 is 1.40 bits per heavy atom. The summed E-state index contributed by atoms with van der Waals surface area (Å²) < 4.78 is 5.92. The van der Waals surface area contributed by atoms with E-state index in [-0.39, 0.29) is 24.1 Å². The van der Waals surface area contributed by atoms with E-state index < -0.39 is 0 Å². The van der Waals surface area contributed by atoms with E-state index in [1.54, 1.807) is 13.3 Å². The number of carbonyl (C=O) groups excluding carboxylic acids is 2. The molecule has 2 rings (SSSR count). The summed E-state index contributed by atoms with van der Waals surface area (Å²) in [4.78, 5) is 25.1. The molecule has 0 spiro atoms. The number of hydrogen-bond donors (Lipinski definition) is 2. The average molecular weight is 383 g/mol. The minimum Gasteiger partial charge on any atom is -0.467 e. The zero-order valence-electron chi connectivity index (χ0n) is 14.2. The van der Waals surface area contributed by atoms with Crippen molar-refractivity contribution in [2.75, 3.05) is 31.2 Å². The molecule has 2 aromatic heterocycles. The van der Waals surface area contributed by atoms with Crippen molar-refractivity contribution in [2.24, 2.45) is 0 Å². The monoisotopic (exact) mass is 383 g/mol. The number of furan rings is 1. The summed E-state index contributed by atoms with van der Waals surface area (Å²) >= 11 is 2.68. The minimum absolute atomic E-state index is 0.0610. The fourth-order valence-electron chi connectivity index (χ4n) is 1.77. The fraction of sp³-hybridized carbons (Fsp3) is 0.467. The van der Waals surface area contributed by atoms with E-state index in [1.165, 1.54) is 28.0 Å². The van der Waals surface area contributed by atoms with Crippen LogP contribution < -0.4 is 10.6 Å². The van der Waals surface area contributed by atoms with Crippen LogP contribution in [0.25, 0.3) is 0 Å². The number of nitrogens with one attached hydrogen (secondary N) is 2. The second kappa shape index (κ2) is 10.0. The van der Waals surface area contributed by atoms with Gasteiger partial charge in [0.05, 0.1) is 25.1 Å². The quantitative estimate of drug-likeness (QED) is 0.604. The van der Waals surface area contributed by atoms with Crippen molar-refractivity contribution in [1.82, 2.24) is 20.4 Å². The first-order valence-electron chi connectivity index (χ1n) is 7.81. The Hall–Kier alpha value is -2.07. The number of likely N-dealkylation sites (N-methyl/N-ethyl adjacent to an activating group) is 1. The van der Waals surface area contributed by atoms with Crippen molar-refractivity contribution in [3.63, 3.8) is 0 Å². The van der Waals surface area contributed by atoms with E-state index in [4.69, 9.17) is 4.42 Å². The molecule has 10 heteroatoms. The third-order valence-corrected chi connectivity index (χ3v) is 5.10. The van der Waals surface area contributed by atoms with Gasteiger partial charge in [0.2, 0.25) is 16.9 Å².